The Morgan fingerprint density at radius 1 is 1.36 bits per heavy atom. The lowest BCUT2D eigenvalue weighted by Crippen LogP contribution is -2.26. The highest BCUT2D eigenvalue weighted by atomic mass is 16.3. The Morgan fingerprint density at radius 2 is 2.00 bits per heavy atom. The summed E-state index contributed by atoms with van der Waals surface area (Å²) in [6.07, 6.45) is 5.48. The van der Waals surface area contributed by atoms with Gasteiger partial charge in [0.05, 0.1) is 6.10 Å². The zero-order valence-electron chi connectivity index (χ0n) is 9.33. The number of primary amides is 1. The van der Waals surface area contributed by atoms with Crippen molar-refractivity contribution in [3.8, 4) is 0 Å². The van der Waals surface area contributed by atoms with Crippen molar-refractivity contribution in [3.05, 3.63) is 0 Å². The molecule has 0 aliphatic rings. The fraction of sp³-hybridized carbons (Fsp3) is 0.909. The van der Waals surface area contributed by atoms with Gasteiger partial charge in [0.2, 0.25) is 5.91 Å². The van der Waals surface area contributed by atoms with Gasteiger partial charge in [-0.05, 0) is 19.8 Å². The first kappa shape index (κ1) is 13.4. The number of nitrogens with two attached hydrogens (primary N) is 1. The number of amides is 1. The Hall–Kier alpha value is -0.570. The van der Waals surface area contributed by atoms with Crippen molar-refractivity contribution in [3.63, 3.8) is 0 Å². The van der Waals surface area contributed by atoms with Crippen molar-refractivity contribution in [2.45, 2.75) is 58.5 Å². The summed E-state index contributed by atoms with van der Waals surface area (Å²) in [7, 11) is 0. The van der Waals surface area contributed by atoms with Gasteiger partial charge in [0.25, 0.3) is 0 Å². The highest BCUT2D eigenvalue weighted by molar-refractivity contribution is 5.76. The molecule has 0 aromatic rings. The van der Waals surface area contributed by atoms with Crippen LogP contribution in [0.4, 0.5) is 0 Å². The van der Waals surface area contributed by atoms with Gasteiger partial charge in [-0.1, -0.05) is 32.6 Å². The van der Waals surface area contributed by atoms with E-state index in [4.69, 9.17) is 10.8 Å². The molecule has 0 saturated heterocycles. The molecule has 3 nitrogen and oxygen atoms in total. The largest absolute Gasteiger partial charge is 0.393 e. The standard InChI is InChI=1S/C11H23NO2/c1-3-4-5-6-7-10(11(12)14)8-9(2)13/h9-10,13H,3-8H2,1-2H3,(H2,12,14). The second kappa shape index (κ2) is 7.80. The Balaban J connectivity index is 3.68. The van der Waals surface area contributed by atoms with E-state index in [1.54, 1.807) is 6.92 Å². The van der Waals surface area contributed by atoms with Crippen LogP contribution in [-0.2, 0) is 4.79 Å². The number of aliphatic hydroxyl groups is 1. The van der Waals surface area contributed by atoms with Crippen molar-refractivity contribution in [2.24, 2.45) is 11.7 Å². The molecule has 14 heavy (non-hydrogen) atoms. The summed E-state index contributed by atoms with van der Waals surface area (Å²) in [6, 6.07) is 0. The fourth-order valence-electron chi connectivity index (χ4n) is 1.61. The van der Waals surface area contributed by atoms with Crippen molar-refractivity contribution >= 4 is 5.91 Å². The normalized spacial score (nSPS) is 15.1. The average molecular weight is 201 g/mol. The number of hydrogen-bond acceptors (Lipinski definition) is 2. The third-order valence-electron chi connectivity index (χ3n) is 2.43. The molecule has 3 N–H and O–H groups in total. The molecule has 0 aliphatic heterocycles. The molecule has 2 atom stereocenters. The molecule has 0 heterocycles. The first-order valence-corrected chi connectivity index (χ1v) is 5.55. The van der Waals surface area contributed by atoms with E-state index in [0.29, 0.717) is 6.42 Å². The molecule has 0 spiro atoms. The van der Waals surface area contributed by atoms with Crippen LogP contribution in [0.2, 0.25) is 0 Å². The minimum absolute atomic E-state index is 0.146. The maximum Gasteiger partial charge on any atom is 0.220 e. The summed E-state index contributed by atoms with van der Waals surface area (Å²) in [6.45, 7) is 3.85. The molecule has 0 saturated carbocycles. The van der Waals surface area contributed by atoms with Crippen molar-refractivity contribution in [2.75, 3.05) is 0 Å². The summed E-state index contributed by atoms with van der Waals surface area (Å²) in [5.41, 5.74) is 5.25. The number of aliphatic hydroxyl groups excluding tert-OH is 1. The Labute approximate surface area is 86.7 Å². The third kappa shape index (κ3) is 6.89. The zero-order chi connectivity index (χ0) is 11.0. The molecular formula is C11H23NO2. The molecule has 0 aromatic heterocycles. The van der Waals surface area contributed by atoms with E-state index >= 15 is 0 Å². The fourth-order valence-corrected chi connectivity index (χ4v) is 1.61. The van der Waals surface area contributed by atoms with Gasteiger partial charge in [0, 0.05) is 5.92 Å². The van der Waals surface area contributed by atoms with E-state index in [2.05, 4.69) is 6.92 Å². The predicted octanol–water partition coefficient (Wildman–Crippen LogP) is 1.83. The zero-order valence-corrected chi connectivity index (χ0v) is 9.33. The molecule has 0 aliphatic carbocycles. The van der Waals surface area contributed by atoms with Crippen LogP contribution in [0.1, 0.15) is 52.4 Å². The summed E-state index contributed by atoms with van der Waals surface area (Å²) in [5, 5.41) is 9.17. The Morgan fingerprint density at radius 3 is 2.43 bits per heavy atom. The minimum atomic E-state index is -0.432. The second-order valence-corrected chi connectivity index (χ2v) is 4.03. The van der Waals surface area contributed by atoms with Gasteiger partial charge in [-0.3, -0.25) is 4.79 Å². The molecular weight excluding hydrogens is 178 g/mol. The molecule has 84 valence electrons. The van der Waals surface area contributed by atoms with Crippen molar-refractivity contribution in [1.82, 2.24) is 0 Å². The number of rotatable bonds is 8. The Kier molecular flexibility index (Phi) is 7.48. The van der Waals surface area contributed by atoms with Crippen LogP contribution in [-0.4, -0.2) is 17.1 Å². The van der Waals surface area contributed by atoms with Crippen LogP contribution >= 0.6 is 0 Å². The highest BCUT2D eigenvalue weighted by Gasteiger charge is 2.16. The molecule has 0 bridgehead atoms. The van der Waals surface area contributed by atoms with Crippen LogP contribution in [0.3, 0.4) is 0 Å². The Bertz CT molecular complexity index is 157. The lowest BCUT2D eigenvalue weighted by atomic mass is 9.94. The first-order valence-electron chi connectivity index (χ1n) is 5.55. The van der Waals surface area contributed by atoms with Gasteiger partial charge >= 0.3 is 0 Å². The number of carbonyl (C=O) groups is 1. The topological polar surface area (TPSA) is 63.3 Å². The molecule has 1 amide bonds. The maximum atomic E-state index is 11.0. The smallest absolute Gasteiger partial charge is 0.220 e. The van der Waals surface area contributed by atoms with Gasteiger partial charge < -0.3 is 10.8 Å². The van der Waals surface area contributed by atoms with Gasteiger partial charge in [0.1, 0.15) is 0 Å². The molecule has 0 rings (SSSR count). The van der Waals surface area contributed by atoms with Gasteiger partial charge in [-0.15, -0.1) is 0 Å². The van der Waals surface area contributed by atoms with Gasteiger partial charge in [-0.25, -0.2) is 0 Å². The summed E-state index contributed by atoms with van der Waals surface area (Å²) in [5.74, 6) is -0.422. The maximum absolute atomic E-state index is 11.0. The third-order valence-corrected chi connectivity index (χ3v) is 2.43. The second-order valence-electron chi connectivity index (χ2n) is 4.03. The van der Waals surface area contributed by atoms with Crippen LogP contribution < -0.4 is 5.73 Å². The van der Waals surface area contributed by atoms with E-state index in [-0.39, 0.29) is 11.8 Å². The molecule has 0 radical (unpaired) electrons. The van der Waals surface area contributed by atoms with Crippen molar-refractivity contribution < 1.29 is 9.90 Å². The monoisotopic (exact) mass is 201 g/mol. The SMILES string of the molecule is CCCCCCC(CC(C)O)C(N)=O. The summed E-state index contributed by atoms with van der Waals surface area (Å²) >= 11 is 0. The lowest BCUT2D eigenvalue weighted by molar-refractivity contribution is -0.123. The van der Waals surface area contributed by atoms with E-state index in [0.717, 1.165) is 19.3 Å². The van der Waals surface area contributed by atoms with E-state index in [1.165, 1.54) is 12.8 Å². The van der Waals surface area contributed by atoms with Crippen LogP contribution in [0.25, 0.3) is 0 Å². The van der Waals surface area contributed by atoms with E-state index in [9.17, 15) is 4.79 Å². The van der Waals surface area contributed by atoms with Crippen LogP contribution in [0.5, 0.6) is 0 Å². The van der Waals surface area contributed by atoms with Crippen LogP contribution in [0, 0.1) is 5.92 Å². The number of carbonyl (C=O) groups excluding carboxylic acids is 1. The average Bonchev–Trinajstić information content (AvgIpc) is 2.09. The predicted molar refractivity (Wildman–Crippen MR) is 57.7 cm³/mol. The molecule has 3 heteroatoms. The molecule has 0 fully saturated rings. The lowest BCUT2D eigenvalue weighted by Gasteiger charge is -2.14. The van der Waals surface area contributed by atoms with E-state index in [1.807, 2.05) is 0 Å². The van der Waals surface area contributed by atoms with Crippen LogP contribution in [0.15, 0.2) is 0 Å². The van der Waals surface area contributed by atoms with E-state index < -0.39 is 6.10 Å². The number of hydrogen-bond donors (Lipinski definition) is 2. The number of unbranched alkanes of at least 4 members (excludes halogenated alkanes) is 3. The molecule has 2 unspecified atom stereocenters. The summed E-state index contributed by atoms with van der Waals surface area (Å²) in [4.78, 5) is 11.0. The summed E-state index contributed by atoms with van der Waals surface area (Å²) < 4.78 is 0. The van der Waals surface area contributed by atoms with Gasteiger partial charge in [0.15, 0.2) is 0 Å². The first-order chi connectivity index (χ1) is 6.57. The van der Waals surface area contributed by atoms with Gasteiger partial charge in [-0.2, -0.15) is 0 Å². The minimum Gasteiger partial charge on any atom is -0.393 e. The highest BCUT2D eigenvalue weighted by Crippen LogP contribution is 2.15. The van der Waals surface area contributed by atoms with Crippen molar-refractivity contribution in [1.29, 1.82) is 0 Å². The molecule has 0 aromatic carbocycles. The quantitative estimate of drug-likeness (QED) is 0.588.